The molecular weight excluding hydrogens is 316 g/mol. The molecule has 0 amide bonds. The molecule has 3 fully saturated rings. The summed E-state index contributed by atoms with van der Waals surface area (Å²) in [6.45, 7) is 4.40. The van der Waals surface area contributed by atoms with Crippen molar-refractivity contribution in [3.63, 3.8) is 0 Å². The van der Waals surface area contributed by atoms with E-state index in [-0.39, 0.29) is 34.7 Å². The molecule has 4 nitrogen and oxygen atoms in total. The summed E-state index contributed by atoms with van der Waals surface area (Å²) in [4.78, 5) is 25.6. The Hall–Kier alpha value is -1.16. The number of methoxy groups -OCH3 is 1. The molecule has 0 radical (unpaired) electrons. The lowest BCUT2D eigenvalue weighted by Crippen LogP contribution is -2.55. The third-order valence-electron chi connectivity index (χ3n) is 8.26. The molecule has 0 aliphatic heterocycles. The number of esters is 1. The minimum absolute atomic E-state index is 0.0643. The Morgan fingerprint density at radius 3 is 2.72 bits per heavy atom. The highest BCUT2D eigenvalue weighted by Crippen LogP contribution is 2.65. The Labute approximate surface area is 150 Å². The van der Waals surface area contributed by atoms with Gasteiger partial charge in [-0.3, -0.25) is 9.59 Å². The van der Waals surface area contributed by atoms with Crippen molar-refractivity contribution in [2.24, 2.45) is 34.5 Å². The number of ether oxygens (including phenoxy) is 1. The molecule has 0 bridgehead atoms. The van der Waals surface area contributed by atoms with Gasteiger partial charge in [0.05, 0.1) is 19.1 Å². The van der Waals surface area contributed by atoms with Gasteiger partial charge in [0.15, 0.2) is 0 Å². The highest BCUT2D eigenvalue weighted by Gasteiger charge is 2.63. The van der Waals surface area contributed by atoms with Crippen molar-refractivity contribution < 1.29 is 19.4 Å². The maximum absolute atomic E-state index is 13.3. The van der Waals surface area contributed by atoms with Crippen LogP contribution in [-0.4, -0.2) is 30.1 Å². The molecule has 138 valence electrons. The largest absolute Gasteiger partial charge is 0.469 e. The third-order valence-corrected chi connectivity index (χ3v) is 8.26. The van der Waals surface area contributed by atoms with Crippen LogP contribution >= 0.6 is 0 Å². The monoisotopic (exact) mass is 346 g/mol. The summed E-state index contributed by atoms with van der Waals surface area (Å²) in [6, 6.07) is 0. The zero-order chi connectivity index (χ0) is 18.0. The summed E-state index contributed by atoms with van der Waals surface area (Å²) < 4.78 is 5.05. The molecule has 0 aromatic carbocycles. The molecule has 0 aromatic heterocycles. The van der Waals surface area contributed by atoms with Gasteiger partial charge in [-0.1, -0.05) is 25.5 Å². The Balaban J connectivity index is 1.70. The van der Waals surface area contributed by atoms with E-state index in [1.54, 1.807) is 0 Å². The van der Waals surface area contributed by atoms with Crippen LogP contribution in [0.2, 0.25) is 0 Å². The van der Waals surface area contributed by atoms with E-state index in [0.29, 0.717) is 24.0 Å². The number of aliphatic hydroxyl groups is 1. The summed E-state index contributed by atoms with van der Waals surface area (Å²) in [5.41, 5.74) is 0.966. The first-order valence-electron chi connectivity index (χ1n) is 9.81. The molecule has 0 heterocycles. The quantitative estimate of drug-likeness (QED) is 0.585. The summed E-state index contributed by atoms with van der Waals surface area (Å²) >= 11 is 0. The molecule has 4 heteroatoms. The number of fused-ring (bicyclic) bond motifs is 5. The molecule has 0 saturated heterocycles. The van der Waals surface area contributed by atoms with Crippen LogP contribution in [0.1, 0.15) is 58.8 Å². The molecule has 3 saturated carbocycles. The molecule has 25 heavy (non-hydrogen) atoms. The van der Waals surface area contributed by atoms with Crippen molar-refractivity contribution in [2.45, 2.75) is 64.9 Å². The van der Waals surface area contributed by atoms with Crippen molar-refractivity contribution in [2.75, 3.05) is 7.11 Å². The Kier molecular flexibility index (Phi) is 3.91. The molecule has 4 rings (SSSR count). The standard InChI is InChI=1S/C21H30O4/c1-20-9-8-13(22)10-12(20)4-5-14-15-6-7-16(19(24)25-3)21(15,2)11-17(23)18(14)20/h10,13-16,18,22H,4-9,11H2,1-3H3/t13-,14+,15+,16-,18-,20+,21+/m1/s1. The van der Waals surface area contributed by atoms with Gasteiger partial charge < -0.3 is 9.84 Å². The maximum Gasteiger partial charge on any atom is 0.309 e. The fraction of sp³-hybridized carbons (Fsp3) is 0.810. The maximum atomic E-state index is 13.3. The van der Waals surface area contributed by atoms with Crippen LogP contribution in [0.3, 0.4) is 0 Å². The van der Waals surface area contributed by atoms with Crippen molar-refractivity contribution >= 4 is 11.8 Å². The highest BCUT2D eigenvalue weighted by atomic mass is 16.5. The average Bonchev–Trinajstić information content (AvgIpc) is 2.91. The fourth-order valence-corrected chi connectivity index (χ4v) is 7.06. The first-order valence-corrected chi connectivity index (χ1v) is 9.81. The van der Waals surface area contributed by atoms with E-state index >= 15 is 0 Å². The van der Waals surface area contributed by atoms with Crippen LogP contribution in [0.15, 0.2) is 11.6 Å². The van der Waals surface area contributed by atoms with Crippen LogP contribution in [0.4, 0.5) is 0 Å². The summed E-state index contributed by atoms with van der Waals surface area (Å²) in [5.74, 6) is 0.936. The van der Waals surface area contributed by atoms with Gasteiger partial charge in [-0.25, -0.2) is 0 Å². The van der Waals surface area contributed by atoms with E-state index in [2.05, 4.69) is 13.8 Å². The van der Waals surface area contributed by atoms with Crippen LogP contribution in [0.5, 0.6) is 0 Å². The number of carbonyl (C=O) groups is 2. The van der Waals surface area contributed by atoms with Crippen LogP contribution in [0.25, 0.3) is 0 Å². The van der Waals surface area contributed by atoms with Gasteiger partial charge in [-0.2, -0.15) is 0 Å². The lowest BCUT2D eigenvalue weighted by Gasteiger charge is -2.57. The number of hydrogen-bond acceptors (Lipinski definition) is 4. The number of rotatable bonds is 1. The molecule has 0 unspecified atom stereocenters. The summed E-state index contributed by atoms with van der Waals surface area (Å²) in [6.07, 6.45) is 7.71. The number of hydrogen-bond donors (Lipinski definition) is 1. The lowest BCUT2D eigenvalue weighted by atomic mass is 9.46. The minimum Gasteiger partial charge on any atom is -0.469 e. The normalized spacial score (nSPS) is 48.9. The van der Waals surface area contributed by atoms with Gasteiger partial charge in [0.1, 0.15) is 5.78 Å². The van der Waals surface area contributed by atoms with Gasteiger partial charge in [0, 0.05) is 12.3 Å². The van der Waals surface area contributed by atoms with Gasteiger partial charge >= 0.3 is 5.97 Å². The summed E-state index contributed by atoms with van der Waals surface area (Å²) in [7, 11) is 1.46. The highest BCUT2D eigenvalue weighted by molar-refractivity contribution is 5.86. The van der Waals surface area contributed by atoms with E-state index in [9.17, 15) is 14.7 Å². The second-order valence-corrected chi connectivity index (χ2v) is 9.30. The Bertz CT molecular complexity index is 638. The number of Topliss-reactive ketones (excluding diaryl/α,β-unsaturated/α-hetero) is 1. The van der Waals surface area contributed by atoms with Gasteiger partial charge in [-0.15, -0.1) is 0 Å². The molecular formula is C21H30O4. The third kappa shape index (κ3) is 2.29. The topological polar surface area (TPSA) is 63.6 Å². The van der Waals surface area contributed by atoms with Crippen LogP contribution < -0.4 is 0 Å². The molecule has 4 aliphatic carbocycles. The van der Waals surface area contributed by atoms with Gasteiger partial charge in [-0.05, 0) is 61.2 Å². The number of aliphatic hydroxyl groups excluding tert-OH is 1. The van der Waals surface area contributed by atoms with Gasteiger partial charge in [0.2, 0.25) is 0 Å². The second kappa shape index (κ2) is 5.67. The molecule has 4 aliphatic rings. The van der Waals surface area contributed by atoms with Crippen molar-refractivity contribution in [1.82, 2.24) is 0 Å². The SMILES string of the molecule is COC(=O)[C@H]1CC[C@H]2[C@@H]3CCC4=C[C@H](O)CC[C@]4(C)[C@H]3C(=O)C[C@]12C. The van der Waals surface area contributed by atoms with E-state index in [1.807, 2.05) is 6.08 Å². The minimum atomic E-state index is -0.348. The number of allylic oxidation sites excluding steroid dienone is 1. The Morgan fingerprint density at radius 1 is 1.24 bits per heavy atom. The number of carbonyl (C=O) groups excluding carboxylic acids is 2. The van der Waals surface area contributed by atoms with E-state index < -0.39 is 0 Å². The molecule has 0 aromatic rings. The van der Waals surface area contributed by atoms with Gasteiger partial charge in [0.25, 0.3) is 0 Å². The van der Waals surface area contributed by atoms with Crippen molar-refractivity contribution in [3.8, 4) is 0 Å². The van der Waals surface area contributed by atoms with E-state index in [4.69, 9.17) is 4.74 Å². The first-order chi connectivity index (χ1) is 11.8. The molecule has 7 atom stereocenters. The first kappa shape index (κ1) is 17.3. The predicted octanol–water partition coefficient (Wildman–Crippen LogP) is 3.28. The zero-order valence-corrected chi connectivity index (χ0v) is 15.6. The van der Waals surface area contributed by atoms with Crippen LogP contribution in [0, 0.1) is 34.5 Å². The van der Waals surface area contributed by atoms with Crippen molar-refractivity contribution in [1.29, 1.82) is 0 Å². The Morgan fingerprint density at radius 2 is 2.00 bits per heavy atom. The summed E-state index contributed by atoms with van der Waals surface area (Å²) in [5, 5.41) is 10.0. The van der Waals surface area contributed by atoms with E-state index in [1.165, 1.54) is 12.7 Å². The van der Waals surface area contributed by atoms with E-state index in [0.717, 1.165) is 38.5 Å². The smallest absolute Gasteiger partial charge is 0.309 e. The predicted molar refractivity (Wildman–Crippen MR) is 93.6 cm³/mol. The second-order valence-electron chi connectivity index (χ2n) is 9.30. The van der Waals surface area contributed by atoms with Crippen LogP contribution in [-0.2, 0) is 14.3 Å². The van der Waals surface area contributed by atoms with Crippen molar-refractivity contribution in [3.05, 3.63) is 11.6 Å². The number of ketones is 1. The molecule has 0 spiro atoms. The lowest BCUT2D eigenvalue weighted by molar-refractivity contribution is -0.157. The fourth-order valence-electron chi connectivity index (χ4n) is 7.06. The molecule has 1 N–H and O–H groups in total. The zero-order valence-electron chi connectivity index (χ0n) is 15.6. The average molecular weight is 346 g/mol.